The van der Waals surface area contributed by atoms with Crippen molar-refractivity contribution in [2.75, 3.05) is 20.2 Å². The van der Waals surface area contributed by atoms with Crippen LogP contribution in [0.4, 0.5) is 0 Å². The van der Waals surface area contributed by atoms with Crippen LogP contribution in [0.25, 0.3) is 0 Å². The Labute approximate surface area is 117 Å². The lowest BCUT2D eigenvalue weighted by atomic mass is 10.1. The Hall–Kier alpha value is -1.06. The fraction of sp³-hybridized carbons (Fsp3) is 0.625. The highest BCUT2D eigenvalue weighted by molar-refractivity contribution is 5.35. The lowest BCUT2D eigenvalue weighted by Crippen LogP contribution is -2.30. The van der Waals surface area contributed by atoms with E-state index in [9.17, 15) is 0 Å². The van der Waals surface area contributed by atoms with Crippen LogP contribution in [0.2, 0.25) is 0 Å². The molecule has 0 heterocycles. The van der Waals surface area contributed by atoms with Gasteiger partial charge in [0, 0.05) is 12.1 Å². The zero-order valence-corrected chi connectivity index (χ0v) is 12.8. The Morgan fingerprint density at radius 1 is 1.21 bits per heavy atom. The van der Waals surface area contributed by atoms with Crippen molar-refractivity contribution in [3.05, 3.63) is 29.8 Å². The highest BCUT2D eigenvalue weighted by Gasteiger charge is 2.22. The van der Waals surface area contributed by atoms with Gasteiger partial charge in [0.1, 0.15) is 5.75 Å². The third-order valence-corrected chi connectivity index (χ3v) is 2.74. The van der Waals surface area contributed by atoms with E-state index in [4.69, 9.17) is 9.47 Å². The molecule has 1 N–H and O–H groups in total. The summed E-state index contributed by atoms with van der Waals surface area (Å²) in [5.74, 6) is 0.884. The first-order chi connectivity index (χ1) is 8.98. The van der Waals surface area contributed by atoms with Gasteiger partial charge in [-0.25, -0.2) is 0 Å². The van der Waals surface area contributed by atoms with Crippen LogP contribution in [0.1, 0.15) is 45.8 Å². The van der Waals surface area contributed by atoms with Crippen LogP contribution in [0.3, 0.4) is 0 Å². The zero-order chi connectivity index (χ0) is 14.3. The third-order valence-electron chi connectivity index (χ3n) is 2.74. The zero-order valence-electron chi connectivity index (χ0n) is 12.8. The van der Waals surface area contributed by atoms with E-state index in [1.807, 2.05) is 18.2 Å². The molecule has 1 atom stereocenters. The lowest BCUT2D eigenvalue weighted by molar-refractivity contribution is -0.0612. The van der Waals surface area contributed by atoms with Gasteiger partial charge in [-0.3, -0.25) is 0 Å². The highest BCUT2D eigenvalue weighted by atomic mass is 16.5. The van der Waals surface area contributed by atoms with Crippen molar-refractivity contribution in [3.63, 3.8) is 0 Å². The number of para-hydroxylation sites is 1. The molecule has 0 saturated heterocycles. The molecule has 1 rings (SSSR count). The molecule has 0 radical (unpaired) electrons. The maximum atomic E-state index is 6.17. The fourth-order valence-corrected chi connectivity index (χ4v) is 1.98. The van der Waals surface area contributed by atoms with Gasteiger partial charge < -0.3 is 14.8 Å². The molecule has 0 bridgehead atoms. The van der Waals surface area contributed by atoms with Crippen LogP contribution >= 0.6 is 0 Å². The minimum Gasteiger partial charge on any atom is -0.496 e. The molecule has 0 amide bonds. The van der Waals surface area contributed by atoms with E-state index in [-0.39, 0.29) is 11.7 Å². The van der Waals surface area contributed by atoms with Crippen molar-refractivity contribution >= 4 is 0 Å². The monoisotopic (exact) mass is 265 g/mol. The minimum atomic E-state index is -0.181. The Kier molecular flexibility index (Phi) is 6.32. The van der Waals surface area contributed by atoms with E-state index >= 15 is 0 Å². The first-order valence-electron chi connectivity index (χ1n) is 6.99. The molecule has 19 heavy (non-hydrogen) atoms. The molecule has 0 aromatic heterocycles. The van der Waals surface area contributed by atoms with Crippen LogP contribution in [0.15, 0.2) is 24.3 Å². The van der Waals surface area contributed by atoms with Gasteiger partial charge in [0.05, 0.1) is 18.8 Å². The molecule has 0 aliphatic carbocycles. The summed E-state index contributed by atoms with van der Waals surface area (Å²) in [6.07, 6.45) is 1.12. The quantitative estimate of drug-likeness (QED) is 0.765. The molecule has 1 unspecified atom stereocenters. The smallest absolute Gasteiger partial charge is 0.124 e. The van der Waals surface area contributed by atoms with Gasteiger partial charge in [0.2, 0.25) is 0 Å². The largest absolute Gasteiger partial charge is 0.496 e. The topological polar surface area (TPSA) is 30.5 Å². The van der Waals surface area contributed by atoms with Gasteiger partial charge in [0.15, 0.2) is 0 Å². The number of rotatable bonds is 7. The predicted molar refractivity (Wildman–Crippen MR) is 79.7 cm³/mol. The summed E-state index contributed by atoms with van der Waals surface area (Å²) in [5.41, 5.74) is 0.919. The van der Waals surface area contributed by atoms with Crippen LogP contribution in [0.5, 0.6) is 5.75 Å². The standard InChI is InChI=1S/C16H27NO2/c1-6-11-17-12-15(19-16(2,3)4)13-9-7-8-10-14(13)18-5/h7-10,15,17H,6,11-12H2,1-5H3. The second-order valence-corrected chi connectivity index (χ2v) is 5.66. The van der Waals surface area contributed by atoms with E-state index in [1.165, 1.54) is 0 Å². The molecular formula is C16H27NO2. The first kappa shape index (κ1) is 16.0. The Balaban J connectivity index is 2.87. The predicted octanol–water partition coefficient (Wildman–Crippen LogP) is 3.55. The molecule has 0 aliphatic heterocycles. The summed E-state index contributed by atoms with van der Waals surface area (Å²) < 4.78 is 11.6. The summed E-state index contributed by atoms with van der Waals surface area (Å²) in [7, 11) is 1.70. The number of nitrogens with one attached hydrogen (secondary N) is 1. The highest BCUT2D eigenvalue weighted by Crippen LogP contribution is 2.30. The van der Waals surface area contributed by atoms with E-state index in [0.29, 0.717) is 0 Å². The second-order valence-electron chi connectivity index (χ2n) is 5.66. The number of ether oxygens (including phenoxy) is 2. The third kappa shape index (κ3) is 5.62. The van der Waals surface area contributed by atoms with Crippen molar-refractivity contribution in [2.45, 2.75) is 45.8 Å². The summed E-state index contributed by atoms with van der Waals surface area (Å²) >= 11 is 0. The maximum absolute atomic E-state index is 6.17. The van der Waals surface area contributed by atoms with E-state index in [1.54, 1.807) is 7.11 Å². The van der Waals surface area contributed by atoms with Gasteiger partial charge in [-0.2, -0.15) is 0 Å². The normalized spacial score (nSPS) is 13.3. The Bertz CT molecular complexity index is 371. The number of hydrogen-bond donors (Lipinski definition) is 1. The van der Waals surface area contributed by atoms with Crippen molar-refractivity contribution in [2.24, 2.45) is 0 Å². The SMILES string of the molecule is CCCNCC(OC(C)(C)C)c1ccccc1OC. The molecule has 1 aromatic rings. The maximum Gasteiger partial charge on any atom is 0.124 e. The Morgan fingerprint density at radius 2 is 1.89 bits per heavy atom. The first-order valence-corrected chi connectivity index (χ1v) is 6.99. The van der Waals surface area contributed by atoms with Gasteiger partial charge in [-0.1, -0.05) is 25.1 Å². The molecule has 108 valence electrons. The minimum absolute atomic E-state index is 0.00250. The molecule has 3 heteroatoms. The van der Waals surface area contributed by atoms with Crippen LogP contribution < -0.4 is 10.1 Å². The second kappa shape index (κ2) is 7.51. The average Bonchev–Trinajstić information content (AvgIpc) is 2.36. The summed E-state index contributed by atoms with van der Waals surface area (Å²) in [6, 6.07) is 8.06. The molecular weight excluding hydrogens is 238 g/mol. The molecule has 3 nitrogen and oxygen atoms in total. The molecule has 0 aliphatic rings. The van der Waals surface area contributed by atoms with E-state index < -0.39 is 0 Å². The number of hydrogen-bond acceptors (Lipinski definition) is 3. The van der Waals surface area contributed by atoms with Crippen LogP contribution in [-0.4, -0.2) is 25.8 Å². The number of methoxy groups -OCH3 is 1. The summed E-state index contributed by atoms with van der Waals surface area (Å²) in [6.45, 7) is 10.2. The van der Waals surface area contributed by atoms with Crippen LogP contribution in [-0.2, 0) is 4.74 Å². The summed E-state index contributed by atoms with van der Waals surface area (Å²) in [4.78, 5) is 0. The van der Waals surface area contributed by atoms with Gasteiger partial charge in [-0.05, 0) is 39.8 Å². The molecule has 0 fully saturated rings. The van der Waals surface area contributed by atoms with E-state index in [2.05, 4.69) is 39.1 Å². The van der Waals surface area contributed by atoms with Crippen molar-refractivity contribution < 1.29 is 9.47 Å². The fourth-order valence-electron chi connectivity index (χ4n) is 1.98. The van der Waals surface area contributed by atoms with Gasteiger partial charge in [0.25, 0.3) is 0 Å². The Morgan fingerprint density at radius 3 is 2.47 bits per heavy atom. The molecule has 0 spiro atoms. The van der Waals surface area contributed by atoms with E-state index in [0.717, 1.165) is 30.8 Å². The van der Waals surface area contributed by atoms with Crippen molar-refractivity contribution in [1.29, 1.82) is 0 Å². The van der Waals surface area contributed by atoms with Crippen LogP contribution in [0, 0.1) is 0 Å². The van der Waals surface area contributed by atoms with Gasteiger partial charge in [-0.15, -0.1) is 0 Å². The molecule has 1 aromatic carbocycles. The van der Waals surface area contributed by atoms with Crippen molar-refractivity contribution in [3.8, 4) is 5.75 Å². The van der Waals surface area contributed by atoms with Crippen molar-refractivity contribution in [1.82, 2.24) is 5.32 Å². The number of benzene rings is 1. The summed E-state index contributed by atoms with van der Waals surface area (Å²) in [5, 5.41) is 3.43. The average molecular weight is 265 g/mol. The van der Waals surface area contributed by atoms with Gasteiger partial charge >= 0.3 is 0 Å². The lowest BCUT2D eigenvalue weighted by Gasteiger charge is -2.29. The molecule has 0 saturated carbocycles.